The zero-order valence-corrected chi connectivity index (χ0v) is 23.1. The quantitative estimate of drug-likeness (QED) is 0.307. The first-order chi connectivity index (χ1) is 19.1. The van der Waals surface area contributed by atoms with Crippen molar-refractivity contribution in [1.29, 1.82) is 0 Å². The van der Waals surface area contributed by atoms with Gasteiger partial charge >= 0.3 is 15.5 Å². The summed E-state index contributed by atoms with van der Waals surface area (Å²) in [6, 6.07) is 21.5. The van der Waals surface area contributed by atoms with E-state index in [-0.39, 0.29) is 37.9 Å². The van der Waals surface area contributed by atoms with E-state index in [2.05, 4.69) is 22.2 Å². The molecular weight excluding hydrogens is 565 g/mol. The molecular formula is C28H28ClF3N4O3S. The second-order valence-corrected chi connectivity index (χ2v) is 12.0. The van der Waals surface area contributed by atoms with E-state index in [4.69, 9.17) is 16.3 Å². The Balaban J connectivity index is 1.41. The molecule has 0 aliphatic carbocycles. The molecule has 2 heterocycles. The Kier molecular flexibility index (Phi) is 7.89. The predicted octanol–water partition coefficient (Wildman–Crippen LogP) is 5.66. The zero-order chi connectivity index (χ0) is 28.5. The SMILES string of the molecule is COc1ccc(C(c2ccc(Cl)cc2)c2ccc3c(c2)C(NC2CCN(S(=O)(=O)C(F)(F)F)CC2)=CNN3)cc1. The highest BCUT2D eigenvalue weighted by Crippen LogP contribution is 2.37. The number of alkyl halides is 3. The first kappa shape index (κ1) is 28.1. The molecule has 1 saturated heterocycles. The molecule has 0 amide bonds. The smallest absolute Gasteiger partial charge is 0.497 e. The molecule has 2 aliphatic heterocycles. The number of fused-ring (bicyclic) bond motifs is 1. The molecule has 0 bridgehead atoms. The van der Waals surface area contributed by atoms with Crippen molar-refractivity contribution in [3.05, 3.63) is 100 Å². The van der Waals surface area contributed by atoms with Crippen LogP contribution in [-0.4, -0.2) is 44.5 Å². The predicted molar refractivity (Wildman–Crippen MR) is 149 cm³/mol. The van der Waals surface area contributed by atoms with E-state index in [1.807, 2.05) is 60.7 Å². The summed E-state index contributed by atoms with van der Waals surface area (Å²) in [5.74, 6) is 0.642. The summed E-state index contributed by atoms with van der Waals surface area (Å²) in [6.45, 7) is -0.414. The number of benzene rings is 3. The number of rotatable bonds is 7. The lowest BCUT2D eigenvalue weighted by molar-refractivity contribution is -0.0494. The van der Waals surface area contributed by atoms with Crippen molar-refractivity contribution in [2.45, 2.75) is 30.3 Å². The van der Waals surface area contributed by atoms with E-state index in [0.29, 0.717) is 9.33 Å². The molecule has 7 nitrogen and oxygen atoms in total. The Bertz CT molecular complexity index is 1490. The number of anilines is 1. The summed E-state index contributed by atoms with van der Waals surface area (Å²) >= 11 is 6.17. The number of piperidine rings is 1. The summed E-state index contributed by atoms with van der Waals surface area (Å²) in [5, 5.41) is 4.06. The summed E-state index contributed by atoms with van der Waals surface area (Å²) < 4.78 is 68.4. The Morgan fingerprint density at radius 2 is 1.57 bits per heavy atom. The van der Waals surface area contributed by atoms with Gasteiger partial charge in [0.2, 0.25) is 0 Å². The number of hydrogen-bond acceptors (Lipinski definition) is 6. The van der Waals surface area contributed by atoms with Gasteiger partial charge < -0.3 is 20.9 Å². The van der Waals surface area contributed by atoms with Crippen LogP contribution in [0.1, 0.15) is 41.0 Å². The number of ether oxygens (including phenoxy) is 1. The van der Waals surface area contributed by atoms with Gasteiger partial charge in [-0.05, 0) is 65.9 Å². The van der Waals surface area contributed by atoms with Crippen LogP contribution in [-0.2, 0) is 10.0 Å². The Hall–Kier alpha value is -3.41. The molecule has 0 aromatic heterocycles. The number of sulfonamides is 1. The lowest BCUT2D eigenvalue weighted by Gasteiger charge is -2.34. The fraction of sp³-hybridized carbons (Fsp3) is 0.286. The Morgan fingerprint density at radius 3 is 2.17 bits per heavy atom. The number of hydrogen-bond donors (Lipinski definition) is 3. The summed E-state index contributed by atoms with van der Waals surface area (Å²) in [4.78, 5) is 0. The van der Waals surface area contributed by atoms with Crippen LogP contribution in [0.25, 0.3) is 5.70 Å². The van der Waals surface area contributed by atoms with Gasteiger partial charge in [-0.2, -0.15) is 17.5 Å². The molecule has 1 atom stereocenters. The average Bonchev–Trinajstić information content (AvgIpc) is 2.94. The summed E-state index contributed by atoms with van der Waals surface area (Å²) in [5.41, 5.74) is 6.44. The molecule has 0 spiro atoms. The van der Waals surface area contributed by atoms with Gasteiger partial charge in [0, 0.05) is 41.8 Å². The van der Waals surface area contributed by atoms with Crippen molar-refractivity contribution < 1.29 is 26.3 Å². The van der Waals surface area contributed by atoms with Crippen LogP contribution in [0.5, 0.6) is 5.75 Å². The number of hydrazine groups is 1. The van der Waals surface area contributed by atoms with Gasteiger partial charge in [-0.3, -0.25) is 0 Å². The molecule has 2 aliphatic rings. The fourth-order valence-corrected chi connectivity index (χ4v) is 6.20. The van der Waals surface area contributed by atoms with Gasteiger partial charge in [-0.1, -0.05) is 41.9 Å². The van der Waals surface area contributed by atoms with Crippen LogP contribution in [0.2, 0.25) is 5.02 Å². The fourth-order valence-electron chi connectivity index (χ4n) is 5.09. The third-order valence-electron chi connectivity index (χ3n) is 7.19. The van der Waals surface area contributed by atoms with E-state index in [1.165, 1.54) is 0 Å². The van der Waals surface area contributed by atoms with Crippen LogP contribution >= 0.6 is 11.6 Å². The van der Waals surface area contributed by atoms with Crippen LogP contribution in [0.15, 0.2) is 72.9 Å². The molecule has 3 N–H and O–H groups in total. The summed E-state index contributed by atoms with van der Waals surface area (Å²) in [6.07, 6.45) is 2.25. The van der Waals surface area contributed by atoms with Gasteiger partial charge in [0.05, 0.1) is 18.5 Å². The van der Waals surface area contributed by atoms with Gasteiger partial charge in [0.15, 0.2) is 0 Å². The van der Waals surface area contributed by atoms with Crippen LogP contribution in [0, 0.1) is 0 Å². The maximum absolute atomic E-state index is 13.0. The van der Waals surface area contributed by atoms with Crippen LogP contribution < -0.4 is 20.9 Å². The first-order valence-corrected chi connectivity index (χ1v) is 14.5. The molecule has 1 fully saturated rings. The van der Waals surface area contributed by atoms with Gasteiger partial charge in [-0.25, -0.2) is 8.42 Å². The van der Waals surface area contributed by atoms with E-state index in [0.717, 1.165) is 39.4 Å². The minimum Gasteiger partial charge on any atom is -0.497 e. The van der Waals surface area contributed by atoms with Gasteiger partial charge in [0.1, 0.15) is 5.75 Å². The van der Waals surface area contributed by atoms with Crippen molar-refractivity contribution in [2.75, 3.05) is 25.6 Å². The van der Waals surface area contributed by atoms with Crippen molar-refractivity contribution in [3.63, 3.8) is 0 Å². The van der Waals surface area contributed by atoms with E-state index < -0.39 is 15.5 Å². The number of methoxy groups -OCH3 is 1. The van der Waals surface area contributed by atoms with Crippen LogP contribution in [0.4, 0.5) is 18.9 Å². The van der Waals surface area contributed by atoms with E-state index >= 15 is 0 Å². The monoisotopic (exact) mass is 592 g/mol. The minimum atomic E-state index is -5.33. The molecule has 3 aromatic carbocycles. The van der Waals surface area contributed by atoms with Crippen molar-refractivity contribution in [3.8, 4) is 5.75 Å². The van der Waals surface area contributed by atoms with Crippen molar-refractivity contribution in [2.24, 2.45) is 0 Å². The van der Waals surface area contributed by atoms with Crippen molar-refractivity contribution >= 4 is 33.0 Å². The lowest BCUT2D eigenvalue weighted by Crippen LogP contribution is -2.48. The summed E-state index contributed by atoms with van der Waals surface area (Å²) in [7, 11) is -3.71. The molecule has 12 heteroatoms. The molecule has 40 heavy (non-hydrogen) atoms. The van der Waals surface area contributed by atoms with Crippen LogP contribution in [0.3, 0.4) is 0 Å². The molecule has 5 rings (SSSR count). The Morgan fingerprint density at radius 1 is 0.975 bits per heavy atom. The zero-order valence-electron chi connectivity index (χ0n) is 21.5. The third-order valence-corrected chi connectivity index (χ3v) is 9.07. The normalized spacial score (nSPS) is 17.2. The molecule has 0 radical (unpaired) electrons. The largest absolute Gasteiger partial charge is 0.511 e. The average molecular weight is 593 g/mol. The highest BCUT2D eigenvalue weighted by Gasteiger charge is 2.50. The second kappa shape index (κ2) is 11.2. The number of halogens is 4. The third kappa shape index (κ3) is 5.72. The van der Waals surface area contributed by atoms with Gasteiger partial charge in [0.25, 0.3) is 0 Å². The first-order valence-electron chi connectivity index (χ1n) is 12.7. The van der Waals surface area contributed by atoms with E-state index in [9.17, 15) is 21.6 Å². The maximum Gasteiger partial charge on any atom is 0.511 e. The second-order valence-electron chi connectivity index (χ2n) is 9.66. The van der Waals surface area contributed by atoms with E-state index in [1.54, 1.807) is 13.3 Å². The number of nitrogens with zero attached hydrogens (tertiary/aromatic N) is 1. The highest BCUT2D eigenvalue weighted by atomic mass is 35.5. The highest BCUT2D eigenvalue weighted by molar-refractivity contribution is 7.90. The molecule has 212 valence electrons. The molecule has 0 saturated carbocycles. The van der Waals surface area contributed by atoms with Gasteiger partial charge in [-0.15, -0.1) is 0 Å². The minimum absolute atomic E-state index is 0.111. The van der Waals surface area contributed by atoms with Crippen molar-refractivity contribution in [1.82, 2.24) is 15.0 Å². The lowest BCUT2D eigenvalue weighted by atomic mass is 9.84. The molecule has 3 aromatic rings. The molecule has 1 unspecified atom stereocenters. The Labute approximate surface area is 236 Å². The topological polar surface area (TPSA) is 82.7 Å². The maximum atomic E-state index is 13.0. The standard InChI is InChI=1S/C28H28ClF3N4O3S/c1-39-23-9-4-19(5-10-23)27(18-2-7-21(29)8-3-18)20-6-11-25-24(16-20)26(17-33-35-25)34-22-12-14-36(15-13-22)40(37,38)28(30,31)32/h2-11,16-17,22,27,33-35H,12-15H2,1H3. The number of nitrogens with one attached hydrogen (secondary N) is 3.